The van der Waals surface area contributed by atoms with Crippen molar-refractivity contribution in [1.82, 2.24) is 10.6 Å². The average molecular weight is 417 g/mol. The zero-order valence-corrected chi connectivity index (χ0v) is 16.2. The average Bonchev–Trinajstić information content (AvgIpc) is 2.46. The lowest BCUT2D eigenvalue weighted by atomic mass is 10.2. The number of rotatable bonds is 6. The van der Waals surface area contributed by atoms with Crippen LogP contribution in [0.2, 0.25) is 5.02 Å². The molecule has 1 rings (SSSR count). The lowest BCUT2D eigenvalue weighted by molar-refractivity contribution is -0.122. The number of anilines is 1. The normalized spacial score (nSPS) is 12.4. The Morgan fingerprint density at radius 1 is 1.22 bits per heavy atom. The van der Waals surface area contributed by atoms with E-state index in [1.54, 1.807) is 24.3 Å². The molecular formula is C14H17Cl4N3OS. The number of hydrogen-bond donors (Lipinski definition) is 3. The van der Waals surface area contributed by atoms with Crippen molar-refractivity contribution < 1.29 is 4.79 Å². The number of nitrogens with one attached hydrogen (secondary N) is 3. The highest BCUT2D eigenvalue weighted by atomic mass is 35.6. The largest absolute Gasteiger partial charge is 0.339 e. The van der Waals surface area contributed by atoms with E-state index in [1.165, 1.54) is 0 Å². The monoisotopic (exact) mass is 415 g/mol. The first-order valence-electron chi connectivity index (χ1n) is 6.91. The molecule has 0 bridgehead atoms. The molecule has 0 heterocycles. The summed E-state index contributed by atoms with van der Waals surface area (Å²) >= 11 is 28.7. The predicted molar refractivity (Wildman–Crippen MR) is 103 cm³/mol. The van der Waals surface area contributed by atoms with Crippen molar-refractivity contribution in [3.8, 4) is 0 Å². The molecule has 128 valence electrons. The van der Waals surface area contributed by atoms with Gasteiger partial charge >= 0.3 is 0 Å². The van der Waals surface area contributed by atoms with Crippen molar-refractivity contribution in [3.63, 3.8) is 0 Å². The minimum Gasteiger partial charge on any atom is -0.339 e. The molecule has 0 saturated carbocycles. The maximum absolute atomic E-state index is 11.8. The van der Waals surface area contributed by atoms with E-state index in [0.717, 1.165) is 12.8 Å². The van der Waals surface area contributed by atoms with Crippen LogP contribution in [0.25, 0.3) is 0 Å². The van der Waals surface area contributed by atoms with E-state index in [2.05, 4.69) is 16.0 Å². The summed E-state index contributed by atoms with van der Waals surface area (Å²) in [6.07, 6.45) is 1.05. The van der Waals surface area contributed by atoms with Gasteiger partial charge in [-0.1, -0.05) is 59.7 Å². The molecule has 0 aliphatic carbocycles. The molecule has 4 nitrogen and oxygen atoms in total. The topological polar surface area (TPSA) is 53.2 Å². The first-order valence-corrected chi connectivity index (χ1v) is 8.83. The van der Waals surface area contributed by atoms with Crippen LogP contribution < -0.4 is 16.0 Å². The Balaban J connectivity index is 2.63. The van der Waals surface area contributed by atoms with Gasteiger partial charge in [0.15, 0.2) is 5.11 Å². The lowest BCUT2D eigenvalue weighted by Crippen LogP contribution is -2.56. The smallest absolute Gasteiger partial charge is 0.228 e. The molecule has 9 heteroatoms. The van der Waals surface area contributed by atoms with Gasteiger partial charge in [-0.05, 0) is 42.9 Å². The molecule has 1 aromatic carbocycles. The minimum atomic E-state index is -1.76. The molecule has 1 amide bonds. The molecule has 1 aromatic rings. The van der Waals surface area contributed by atoms with Crippen LogP contribution >= 0.6 is 58.6 Å². The summed E-state index contributed by atoms with van der Waals surface area (Å²) in [5.41, 5.74) is 0.715. The Morgan fingerprint density at radius 2 is 1.83 bits per heavy atom. The fourth-order valence-corrected chi connectivity index (χ4v) is 2.29. The molecule has 1 atom stereocenters. The van der Waals surface area contributed by atoms with E-state index in [4.69, 9.17) is 58.6 Å². The second-order valence-electron chi connectivity index (χ2n) is 4.75. The zero-order chi connectivity index (χ0) is 17.5. The summed E-state index contributed by atoms with van der Waals surface area (Å²) < 4.78 is -1.76. The molecule has 3 N–H and O–H groups in total. The number of carbonyl (C=O) groups excluding carboxylic acids is 1. The maximum Gasteiger partial charge on any atom is 0.228 e. The highest BCUT2D eigenvalue weighted by molar-refractivity contribution is 7.80. The van der Waals surface area contributed by atoms with Crippen LogP contribution in [-0.4, -0.2) is 21.0 Å². The Morgan fingerprint density at radius 3 is 2.35 bits per heavy atom. The fourth-order valence-electron chi connectivity index (χ4n) is 1.60. The van der Waals surface area contributed by atoms with E-state index in [0.29, 0.717) is 17.1 Å². The third-order valence-corrected chi connectivity index (χ3v) is 3.89. The molecular weight excluding hydrogens is 400 g/mol. The van der Waals surface area contributed by atoms with Crippen LogP contribution in [0.3, 0.4) is 0 Å². The van der Waals surface area contributed by atoms with E-state index in [-0.39, 0.29) is 11.0 Å². The predicted octanol–water partition coefficient (Wildman–Crippen LogP) is 4.63. The first-order chi connectivity index (χ1) is 10.7. The SMILES string of the molecule is CCCCC(=O)N[C@@H](NC(=S)Nc1ccc(Cl)cc1)C(Cl)(Cl)Cl. The fraction of sp³-hybridized carbons (Fsp3) is 0.429. The summed E-state index contributed by atoms with van der Waals surface area (Å²) in [4.78, 5) is 11.8. The van der Waals surface area contributed by atoms with Crippen molar-refractivity contribution in [2.45, 2.75) is 36.1 Å². The standard InChI is InChI=1S/C14H17Cl4N3OS/c1-2-3-4-11(22)20-12(14(16,17)18)21-13(23)19-10-7-5-9(15)6-8-10/h5-8,12H,2-4H2,1H3,(H,20,22)(H2,19,21,23)/t12-/m0/s1. The third-order valence-electron chi connectivity index (χ3n) is 2.77. The molecule has 0 aliphatic rings. The maximum atomic E-state index is 11.8. The van der Waals surface area contributed by atoms with Gasteiger partial charge in [-0.15, -0.1) is 0 Å². The zero-order valence-electron chi connectivity index (χ0n) is 12.3. The van der Waals surface area contributed by atoms with Gasteiger partial charge in [-0.3, -0.25) is 4.79 Å². The van der Waals surface area contributed by atoms with Gasteiger partial charge in [0.1, 0.15) is 6.17 Å². The van der Waals surface area contributed by atoms with E-state index in [1.807, 2.05) is 6.92 Å². The quantitative estimate of drug-likeness (QED) is 0.359. The highest BCUT2D eigenvalue weighted by Gasteiger charge is 2.34. The summed E-state index contributed by atoms with van der Waals surface area (Å²) in [5.74, 6) is -0.218. The van der Waals surface area contributed by atoms with Crippen molar-refractivity contribution in [2.24, 2.45) is 0 Å². The van der Waals surface area contributed by atoms with Gasteiger partial charge in [0.25, 0.3) is 0 Å². The van der Waals surface area contributed by atoms with E-state index < -0.39 is 9.96 Å². The number of carbonyl (C=O) groups is 1. The molecule has 0 saturated heterocycles. The Kier molecular flexibility index (Phi) is 8.72. The number of thiocarbonyl (C=S) groups is 1. The summed E-state index contributed by atoms with van der Waals surface area (Å²) in [6.45, 7) is 1.99. The van der Waals surface area contributed by atoms with Crippen molar-refractivity contribution in [1.29, 1.82) is 0 Å². The molecule has 0 unspecified atom stereocenters. The Hall–Kier alpha value is -0.460. The highest BCUT2D eigenvalue weighted by Crippen LogP contribution is 2.29. The van der Waals surface area contributed by atoms with Gasteiger partial charge in [-0.2, -0.15) is 0 Å². The second-order valence-corrected chi connectivity index (χ2v) is 7.96. The number of alkyl halides is 3. The van der Waals surface area contributed by atoms with Gasteiger partial charge in [-0.25, -0.2) is 0 Å². The van der Waals surface area contributed by atoms with Gasteiger partial charge in [0.2, 0.25) is 9.70 Å². The van der Waals surface area contributed by atoms with Crippen molar-refractivity contribution in [3.05, 3.63) is 29.3 Å². The molecule has 0 aromatic heterocycles. The molecule has 23 heavy (non-hydrogen) atoms. The first kappa shape index (κ1) is 20.6. The number of benzene rings is 1. The summed E-state index contributed by atoms with van der Waals surface area (Å²) in [7, 11) is 0. The number of unbranched alkanes of at least 4 members (excludes halogenated alkanes) is 1. The molecule has 0 aliphatic heterocycles. The van der Waals surface area contributed by atoms with E-state index >= 15 is 0 Å². The molecule has 0 fully saturated rings. The van der Waals surface area contributed by atoms with Crippen LogP contribution in [0.1, 0.15) is 26.2 Å². The van der Waals surface area contributed by atoms with E-state index in [9.17, 15) is 4.79 Å². The van der Waals surface area contributed by atoms with Crippen LogP contribution in [-0.2, 0) is 4.79 Å². The van der Waals surface area contributed by atoms with Crippen LogP contribution in [0.15, 0.2) is 24.3 Å². The van der Waals surface area contributed by atoms with Crippen molar-refractivity contribution >= 4 is 75.3 Å². The summed E-state index contributed by atoms with van der Waals surface area (Å²) in [5, 5.41) is 9.15. The molecule has 0 radical (unpaired) electrons. The van der Waals surface area contributed by atoms with Gasteiger partial charge in [0, 0.05) is 17.1 Å². The van der Waals surface area contributed by atoms with Crippen LogP contribution in [0, 0.1) is 0 Å². The Bertz CT molecular complexity index is 534. The molecule has 0 spiro atoms. The second kappa shape index (κ2) is 9.74. The van der Waals surface area contributed by atoms with Gasteiger partial charge in [0.05, 0.1) is 0 Å². The Labute approximate surface area is 161 Å². The van der Waals surface area contributed by atoms with Crippen LogP contribution in [0.4, 0.5) is 5.69 Å². The van der Waals surface area contributed by atoms with Crippen LogP contribution in [0.5, 0.6) is 0 Å². The number of halogens is 4. The number of hydrogen-bond acceptors (Lipinski definition) is 2. The number of amides is 1. The van der Waals surface area contributed by atoms with Gasteiger partial charge < -0.3 is 16.0 Å². The lowest BCUT2D eigenvalue weighted by Gasteiger charge is -2.27. The third kappa shape index (κ3) is 8.27. The minimum absolute atomic E-state index is 0.208. The van der Waals surface area contributed by atoms with Crippen molar-refractivity contribution in [2.75, 3.05) is 5.32 Å². The summed E-state index contributed by atoms with van der Waals surface area (Å²) in [6, 6.07) is 6.93.